The molecule has 3 nitrogen and oxygen atoms in total. The van der Waals surface area contributed by atoms with Crippen molar-refractivity contribution >= 4 is 11.8 Å². The molecular formula is C12H14N2OS. The van der Waals surface area contributed by atoms with Crippen LogP contribution in [0.5, 0.6) is 0 Å². The lowest BCUT2D eigenvalue weighted by atomic mass is 10.2. The van der Waals surface area contributed by atoms with Crippen LogP contribution in [-0.4, -0.2) is 10.1 Å². The lowest BCUT2D eigenvalue weighted by Crippen LogP contribution is -1.86. The van der Waals surface area contributed by atoms with Crippen LogP contribution in [0.4, 0.5) is 0 Å². The van der Waals surface area contributed by atoms with E-state index in [9.17, 15) is 0 Å². The monoisotopic (exact) mass is 234 g/mol. The quantitative estimate of drug-likeness (QED) is 0.764. The molecule has 4 heteroatoms. The molecular weight excluding hydrogens is 220 g/mol. The highest BCUT2D eigenvalue weighted by Gasteiger charge is 2.04. The van der Waals surface area contributed by atoms with Crippen LogP contribution in [0.2, 0.25) is 0 Å². The SMILES string of the molecule is Cc1ccc(SCc2noc(C)n2)c(C)c1. The van der Waals surface area contributed by atoms with E-state index in [2.05, 4.69) is 42.2 Å². The summed E-state index contributed by atoms with van der Waals surface area (Å²) >= 11 is 1.74. The number of benzene rings is 1. The zero-order chi connectivity index (χ0) is 11.5. The van der Waals surface area contributed by atoms with Gasteiger partial charge in [0.1, 0.15) is 0 Å². The molecule has 0 aliphatic heterocycles. The maximum atomic E-state index is 4.93. The summed E-state index contributed by atoms with van der Waals surface area (Å²) < 4.78 is 4.93. The molecule has 0 N–H and O–H groups in total. The molecule has 0 amide bonds. The Labute approximate surface area is 99.3 Å². The molecule has 1 aromatic heterocycles. The highest BCUT2D eigenvalue weighted by molar-refractivity contribution is 7.98. The number of rotatable bonds is 3. The number of aryl methyl sites for hydroxylation is 3. The Hall–Kier alpha value is -1.29. The van der Waals surface area contributed by atoms with Crippen molar-refractivity contribution in [3.8, 4) is 0 Å². The highest BCUT2D eigenvalue weighted by Crippen LogP contribution is 2.25. The van der Waals surface area contributed by atoms with Crippen molar-refractivity contribution in [2.24, 2.45) is 0 Å². The summed E-state index contributed by atoms with van der Waals surface area (Å²) in [6.45, 7) is 6.03. The molecule has 0 fully saturated rings. The van der Waals surface area contributed by atoms with Crippen molar-refractivity contribution in [1.29, 1.82) is 0 Å². The summed E-state index contributed by atoms with van der Waals surface area (Å²) in [5.41, 5.74) is 2.59. The van der Waals surface area contributed by atoms with Crippen LogP contribution in [0.3, 0.4) is 0 Å². The molecule has 0 aliphatic carbocycles. The first-order valence-corrected chi connectivity index (χ1v) is 6.13. The molecule has 84 valence electrons. The second-order valence-electron chi connectivity index (χ2n) is 3.79. The Morgan fingerprint density at radius 3 is 2.69 bits per heavy atom. The molecule has 0 saturated heterocycles. The fourth-order valence-corrected chi connectivity index (χ4v) is 2.36. The zero-order valence-corrected chi connectivity index (χ0v) is 10.5. The first kappa shape index (κ1) is 11.2. The van der Waals surface area contributed by atoms with E-state index >= 15 is 0 Å². The van der Waals surface area contributed by atoms with Gasteiger partial charge in [-0.05, 0) is 25.5 Å². The predicted molar refractivity (Wildman–Crippen MR) is 64.5 cm³/mol. The molecule has 2 aromatic rings. The van der Waals surface area contributed by atoms with Gasteiger partial charge in [-0.25, -0.2) is 0 Å². The van der Waals surface area contributed by atoms with Gasteiger partial charge in [0.25, 0.3) is 0 Å². The van der Waals surface area contributed by atoms with Gasteiger partial charge in [-0.3, -0.25) is 0 Å². The van der Waals surface area contributed by atoms with Crippen molar-refractivity contribution < 1.29 is 4.52 Å². The number of hydrogen-bond acceptors (Lipinski definition) is 4. The van der Waals surface area contributed by atoms with E-state index in [4.69, 9.17) is 4.52 Å². The minimum absolute atomic E-state index is 0.622. The molecule has 2 rings (SSSR count). The third-order valence-corrected chi connectivity index (χ3v) is 3.43. The standard InChI is InChI=1S/C12H14N2OS/c1-8-4-5-11(9(2)6-8)16-7-12-13-10(3)15-14-12/h4-6H,7H2,1-3H3. The lowest BCUT2D eigenvalue weighted by Gasteiger charge is -2.04. The smallest absolute Gasteiger partial charge is 0.223 e. The molecule has 1 heterocycles. The van der Waals surface area contributed by atoms with Crippen LogP contribution in [-0.2, 0) is 5.75 Å². The molecule has 0 bridgehead atoms. The maximum Gasteiger partial charge on any atom is 0.223 e. The van der Waals surface area contributed by atoms with Gasteiger partial charge in [0.15, 0.2) is 5.82 Å². The first-order chi connectivity index (χ1) is 7.65. The Bertz CT molecular complexity index is 494. The number of hydrogen-bond donors (Lipinski definition) is 0. The van der Waals surface area contributed by atoms with E-state index in [-0.39, 0.29) is 0 Å². The average molecular weight is 234 g/mol. The topological polar surface area (TPSA) is 38.9 Å². The van der Waals surface area contributed by atoms with Gasteiger partial charge in [0, 0.05) is 11.8 Å². The van der Waals surface area contributed by atoms with Crippen LogP contribution >= 0.6 is 11.8 Å². The number of nitrogens with zero attached hydrogens (tertiary/aromatic N) is 2. The summed E-state index contributed by atoms with van der Waals surface area (Å²) in [6, 6.07) is 6.45. The zero-order valence-electron chi connectivity index (χ0n) is 9.65. The van der Waals surface area contributed by atoms with Gasteiger partial charge in [-0.15, -0.1) is 11.8 Å². The summed E-state index contributed by atoms with van der Waals surface area (Å²) in [5, 5.41) is 3.87. The van der Waals surface area contributed by atoms with Gasteiger partial charge < -0.3 is 4.52 Å². The number of thioether (sulfide) groups is 1. The van der Waals surface area contributed by atoms with Crippen LogP contribution in [0, 0.1) is 20.8 Å². The van der Waals surface area contributed by atoms with Crippen molar-refractivity contribution in [2.45, 2.75) is 31.4 Å². The Morgan fingerprint density at radius 1 is 1.25 bits per heavy atom. The van der Waals surface area contributed by atoms with Crippen molar-refractivity contribution in [2.75, 3.05) is 0 Å². The van der Waals surface area contributed by atoms with Gasteiger partial charge in [-0.2, -0.15) is 4.98 Å². The fraction of sp³-hybridized carbons (Fsp3) is 0.333. The van der Waals surface area contributed by atoms with Crippen LogP contribution in [0.15, 0.2) is 27.6 Å². The van der Waals surface area contributed by atoms with Gasteiger partial charge >= 0.3 is 0 Å². The maximum absolute atomic E-state index is 4.93. The minimum Gasteiger partial charge on any atom is -0.340 e. The van der Waals surface area contributed by atoms with Crippen molar-refractivity contribution in [3.05, 3.63) is 41.0 Å². The molecule has 0 unspecified atom stereocenters. The average Bonchev–Trinajstić information content (AvgIpc) is 2.63. The molecule has 16 heavy (non-hydrogen) atoms. The third-order valence-electron chi connectivity index (χ3n) is 2.26. The lowest BCUT2D eigenvalue weighted by molar-refractivity contribution is 0.389. The van der Waals surface area contributed by atoms with Crippen LogP contribution in [0.25, 0.3) is 0 Å². The largest absolute Gasteiger partial charge is 0.340 e. The first-order valence-electron chi connectivity index (χ1n) is 5.14. The Morgan fingerprint density at radius 2 is 2.06 bits per heavy atom. The Kier molecular flexibility index (Phi) is 3.29. The summed E-state index contributed by atoms with van der Waals surface area (Å²) in [7, 11) is 0. The van der Waals surface area contributed by atoms with E-state index < -0.39 is 0 Å². The molecule has 0 atom stereocenters. The van der Waals surface area contributed by atoms with E-state index in [1.54, 1.807) is 18.7 Å². The van der Waals surface area contributed by atoms with Gasteiger partial charge in [0.2, 0.25) is 5.89 Å². The van der Waals surface area contributed by atoms with E-state index in [1.165, 1.54) is 16.0 Å². The molecule has 0 aliphatic rings. The molecule has 0 spiro atoms. The summed E-state index contributed by atoms with van der Waals surface area (Å²) in [5.74, 6) is 2.13. The normalized spacial score (nSPS) is 10.7. The van der Waals surface area contributed by atoms with Gasteiger partial charge in [0.05, 0.1) is 5.75 Å². The van der Waals surface area contributed by atoms with E-state index in [1.807, 2.05) is 0 Å². The van der Waals surface area contributed by atoms with Crippen molar-refractivity contribution in [1.82, 2.24) is 10.1 Å². The summed E-state index contributed by atoms with van der Waals surface area (Å²) in [4.78, 5) is 5.45. The summed E-state index contributed by atoms with van der Waals surface area (Å²) in [6.07, 6.45) is 0. The third kappa shape index (κ3) is 2.64. The molecule has 1 aromatic carbocycles. The minimum atomic E-state index is 0.622. The van der Waals surface area contributed by atoms with Crippen LogP contribution in [0.1, 0.15) is 22.8 Å². The molecule has 0 radical (unpaired) electrons. The predicted octanol–water partition coefficient (Wildman–Crippen LogP) is 3.29. The highest BCUT2D eigenvalue weighted by atomic mass is 32.2. The van der Waals surface area contributed by atoms with E-state index in [0.29, 0.717) is 5.89 Å². The van der Waals surface area contributed by atoms with Gasteiger partial charge in [-0.1, -0.05) is 22.9 Å². The van der Waals surface area contributed by atoms with E-state index in [0.717, 1.165) is 11.6 Å². The second-order valence-corrected chi connectivity index (χ2v) is 4.80. The fourth-order valence-electron chi connectivity index (χ4n) is 1.50. The van der Waals surface area contributed by atoms with Crippen molar-refractivity contribution in [3.63, 3.8) is 0 Å². The molecule has 0 saturated carbocycles. The number of aromatic nitrogens is 2. The second kappa shape index (κ2) is 4.70. The Balaban J connectivity index is 2.04. The van der Waals surface area contributed by atoms with Crippen LogP contribution < -0.4 is 0 Å².